The Kier molecular flexibility index (Phi) is 2.37. The van der Waals surface area contributed by atoms with Crippen molar-refractivity contribution in [3.05, 3.63) is 41.0 Å². The highest BCUT2D eigenvalue weighted by molar-refractivity contribution is 5.98. The quantitative estimate of drug-likeness (QED) is 0.680. The van der Waals surface area contributed by atoms with Crippen molar-refractivity contribution in [1.29, 1.82) is 15.8 Å². The Morgan fingerprint density at radius 3 is 2.12 bits per heavy atom. The van der Waals surface area contributed by atoms with Crippen LogP contribution in [0.2, 0.25) is 0 Å². The fourth-order valence-corrected chi connectivity index (χ4v) is 1.71. The Labute approximate surface area is 97.2 Å². The van der Waals surface area contributed by atoms with Crippen LogP contribution in [0.25, 0.3) is 10.8 Å². The van der Waals surface area contributed by atoms with E-state index in [4.69, 9.17) is 15.8 Å². The van der Waals surface area contributed by atoms with Gasteiger partial charge in [-0.15, -0.1) is 0 Å². The average Bonchev–Trinajstić information content (AvgIpc) is 2.38. The Bertz CT molecular complexity index is 742. The van der Waals surface area contributed by atoms with Crippen LogP contribution in [0, 0.1) is 34.0 Å². The molecule has 0 aliphatic rings. The van der Waals surface area contributed by atoms with E-state index in [9.17, 15) is 5.11 Å². The molecule has 0 aliphatic carbocycles. The standard InChI is InChI=1S/C13H4N3O/c14-5-8-2-1-3-11-9(6-15)4-10(7-16)13(17)12(8)11/h1-4H. The van der Waals surface area contributed by atoms with Crippen LogP contribution in [0.5, 0.6) is 5.75 Å². The van der Waals surface area contributed by atoms with Gasteiger partial charge in [-0.3, -0.25) is 5.11 Å². The minimum absolute atomic E-state index is 0.114. The Hall–Kier alpha value is -3.03. The zero-order valence-electron chi connectivity index (χ0n) is 8.56. The second-order valence-corrected chi connectivity index (χ2v) is 3.36. The highest BCUT2D eigenvalue weighted by Gasteiger charge is 2.15. The van der Waals surface area contributed by atoms with Crippen molar-refractivity contribution in [3.63, 3.8) is 0 Å². The van der Waals surface area contributed by atoms with Gasteiger partial charge in [-0.25, -0.2) is 0 Å². The lowest BCUT2D eigenvalue weighted by Gasteiger charge is -2.04. The molecular formula is C13H4N3O. The van der Waals surface area contributed by atoms with Gasteiger partial charge in [0.2, 0.25) is 5.75 Å². The molecule has 4 heteroatoms. The van der Waals surface area contributed by atoms with Crippen LogP contribution in [0.3, 0.4) is 0 Å². The fraction of sp³-hybridized carbons (Fsp3) is 0. The summed E-state index contributed by atoms with van der Waals surface area (Å²) in [6, 6.07) is 11.5. The Morgan fingerprint density at radius 1 is 0.882 bits per heavy atom. The van der Waals surface area contributed by atoms with Crippen molar-refractivity contribution >= 4 is 10.8 Å². The molecule has 0 saturated carbocycles. The minimum atomic E-state index is -0.501. The molecule has 2 aromatic rings. The van der Waals surface area contributed by atoms with E-state index in [1.54, 1.807) is 18.2 Å². The topological polar surface area (TPSA) is 91.3 Å². The molecule has 0 atom stereocenters. The van der Waals surface area contributed by atoms with E-state index < -0.39 is 5.75 Å². The van der Waals surface area contributed by atoms with E-state index in [2.05, 4.69) is 0 Å². The van der Waals surface area contributed by atoms with Gasteiger partial charge in [0, 0.05) is 10.8 Å². The predicted octanol–water partition coefficient (Wildman–Crippen LogP) is 2.60. The first kappa shape index (κ1) is 10.5. The van der Waals surface area contributed by atoms with Crippen LogP contribution in [0.4, 0.5) is 0 Å². The molecule has 17 heavy (non-hydrogen) atoms. The summed E-state index contributed by atoms with van der Waals surface area (Å²) in [6.45, 7) is 0. The van der Waals surface area contributed by atoms with E-state index in [-0.39, 0.29) is 22.1 Å². The molecule has 1 radical (unpaired) electrons. The third-order valence-electron chi connectivity index (χ3n) is 2.48. The largest absolute Gasteiger partial charge is 0.288 e. The van der Waals surface area contributed by atoms with Crippen molar-refractivity contribution in [3.8, 4) is 24.0 Å². The lowest BCUT2D eigenvalue weighted by Crippen LogP contribution is -1.88. The van der Waals surface area contributed by atoms with Gasteiger partial charge >= 0.3 is 0 Å². The SMILES string of the molecule is N#Cc1cc(C#N)c2cccc(C#N)c2c1[O]. The first-order valence-corrected chi connectivity index (χ1v) is 4.70. The smallest absolute Gasteiger partial charge is 0.205 e. The minimum Gasteiger partial charge on any atom is -0.288 e. The third-order valence-corrected chi connectivity index (χ3v) is 2.48. The maximum Gasteiger partial charge on any atom is 0.205 e. The number of fused-ring (bicyclic) bond motifs is 1. The summed E-state index contributed by atoms with van der Waals surface area (Å²) >= 11 is 0. The van der Waals surface area contributed by atoms with E-state index >= 15 is 0 Å². The summed E-state index contributed by atoms with van der Waals surface area (Å²) < 4.78 is 0. The van der Waals surface area contributed by atoms with Gasteiger partial charge in [0.15, 0.2) is 0 Å². The highest BCUT2D eigenvalue weighted by atomic mass is 16.3. The second kappa shape index (κ2) is 3.85. The molecule has 77 valence electrons. The molecule has 0 saturated heterocycles. The van der Waals surface area contributed by atoms with E-state index in [1.165, 1.54) is 12.1 Å². The number of nitriles is 3. The van der Waals surface area contributed by atoms with Crippen LogP contribution in [0.1, 0.15) is 16.7 Å². The molecule has 2 aromatic carbocycles. The number of nitrogens with zero attached hydrogens (tertiary/aromatic N) is 3. The van der Waals surface area contributed by atoms with Crippen LogP contribution in [0.15, 0.2) is 24.3 Å². The number of hydrogen-bond donors (Lipinski definition) is 0. The normalized spacial score (nSPS) is 9.24. The van der Waals surface area contributed by atoms with Crippen molar-refractivity contribution in [2.24, 2.45) is 0 Å². The molecule has 4 nitrogen and oxygen atoms in total. The molecule has 0 aromatic heterocycles. The summed E-state index contributed by atoms with van der Waals surface area (Å²) in [5.41, 5.74) is 0.297. The van der Waals surface area contributed by atoms with E-state index in [1.807, 2.05) is 12.1 Å². The lowest BCUT2D eigenvalue weighted by molar-refractivity contribution is 0.359. The number of rotatable bonds is 0. The molecule has 0 aliphatic heterocycles. The first-order chi connectivity index (χ1) is 8.22. The van der Waals surface area contributed by atoms with Gasteiger partial charge in [-0.1, -0.05) is 12.1 Å². The summed E-state index contributed by atoms with van der Waals surface area (Å²) in [5, 5.41) is 39.2. The number of benzene rings is 2. The average molecular weight is 218 g/mol. The lowest BCUT2D eigenvalue weighted by atomic mass is 9.97. The zero-order chi connectivity index (χ0) is 12.4. The second-order valence-electron chi connectivity index (χ2n) is 3.36. The monoisotopic (exact) mass is 218 g/mol. The van der Waals surface area contributed by atoms with Gasteiger partial charge < -0.3 is 0 Å². The van der Waals surface area contributed by atoms with Gasteiger partial charge in [-0.2, -0.15) is 15.8 Å². The van der Waals surface area contributed by atoms with Crippen LogP contribution in [-0.4, -0.2) is 0 Å². The molecule has 0 fully saturated rings. The van der Waals surface area contributed by atoms with Gasteiger partial charge in [0.05, 0.1) is 23.3 Å². The van der Waals surface area contributed by atoms with Gasteiger partial charge in [-0.05, 0) is 12.1 Å². The van der Waals surface area contributed by atoms with E-state index in [0.717, 1.165) is 0 Å². The van der Waals surface area contributed by atoms with Crippen molar-refractivity contribution in [2.45, 2.75) is 0 Å². The zero-order valence-corrected chi connectivity index (χ0v) is 8.56. The maximum absolute atomic E-state index is 11.9. The van der Waals surface area contributed by atoms with Gasteiger partial charge in [0.25, 0.3) is 0 Å². The molecule has 0 unspecified atom stereocenters. The Morgan fingerprint density at radius 2 is 1.53 bits per heavy atom. The van der Waals surface area contributed by atoms with Crippen LogP contribution >= 0.6 is 0 Å². The van der Waals surface area contributed by atoms with Crippen LogP contribution < -0.4 is 0 Å². The summed E-state index contributed by atoms with van der Waals surface area (Å²) in [4.78, 5) is 0. The van der Waals surface area contributed by atoms with Crippen molar-refractivity contribution < 1.29 is 5.11 Å². The fourth-order valence-electron chi connectivity index (χ4n) is 1.71. The van der Waals surface area contributed by atoms with Gasteiger partial charge in [0.1, 0.15) is 11.6 Å². The molecule has 0 heterocycles. The molecule has 0 N–H and O–H groups in total. The maximum atomic E-state index is 11.9. The first-order valence-electron chi connectivity index (χ1n) is 4.70. The van der Waals surface area contributed by atoms with Crippen molar-refractivity contribution in [1.82, 2.24) is 0 Å². The van der Waals surface area contributed by atoms with Crippen LogP contribution in [-0.2, 0) is 5.11 Å². The molecular weight excluding hydrogens is 214 g/mol. The predicted molar refractivity (Wildman–Crippen MR) is 58.2 cm³/mol. The third kappa shape index (κ3) is 1.44. The van der Waals surface area contributed by atoms with E-state index in [0.29, 0.717) is 5.39 Å². The Balaban J connectivity index is 3.10. The van der Waals surface area contributed by atoms with Crippen molar-refractivity contribution in [2.75, 3.05) is 0 Å². The summed E-state index contributed by atoms with van der Waals surface area (Å²) in [7, 11) is 0. The molecule has 0 amide bonds. The summed E-state index contributed by atoms with van der Waals surface area (Å²) in [6.07, 6.45) is 0. The molecule has 0 bridgehead atoms. The number of hydrogen-bond acceptors (Lipinski definition) is 3. The summed E-state index contributed by atoms with van der Waals surface area (Å²) in [5.74, 6) is -0.501. The molecule has 2 rings (SSSR count). The molecule has 0 spiro atoms. The highest BCUT2D eigenvalue weighted by Crippen LogP contribution is 2.33.